The van der Waals surface area contributed by atoms with E-state index in [1.165, 1.54) is 18.2 Å². The lowest BCUT2D eigenvalue weighted by atomic mass is 10.0. The van der Waals surface area contributed by atoms with Crippen LogP contribution >= 0.6 is 7.82 Å². The molecule has 0 fully saturated rings. The Balaban J connectivity index is 1.35. The lowest BCUT2D eigenvalue weighted by molar-refractivity contribution is -0.127. The number of amides is 3. The van der Waals surface area contributed by atoms with Crippen molar-refractivity contribution in [3.05, 3.63) is 95.6 Å². The van der Waals surface area contributed by atoms with Crippen molar-refractivity contribution in [3.63, 3.8) is 0 Å². The Morgan fingerprint density at radius 1 is 1.02 bits per heavy atom. The lowest BCUT2D eigenvalue weighted by Crippen LogP contribution is -2.54. The van der Waals surface area contributed by atoms with Gasteiger partial charge in [0.15, 0.2) is 0 Å². The molecule has 212 valence electrons. The monoisotopic (exact) mass is 575 g/mol. The molecule has 3 N–H and O–H groups in total. The molecule has 2 heterocycles. The molecule has 2 aliphatic heterocycles. The maximum Gasteiger partial charge on any atom is 0.524 e. The van der Waals surface area contributed by atoms with Gasteiger partial charge in [0.05, 0.1) is 5.69 Å². The Kier molecular flexibility index (Phi) is 7.82. The molecule has 0 aromatic heterocycles. The maximum atomic E-state index is 13.9. The number of aryl methyl sites for hydroxylation is 1. The largest absolute Gasteiger partial charge is 0.524 e. The van der Waals surface area contributed by atoms with Gasteiger partial charge in [-0.1, -0.05) is 48.5 Å². The van der Waals surface area contributed by atoms with Gasteiger partial charge in [-0.3, -0.25) is 29.1 Å². The molecule has 0 radical (unpaired) electrons. The number of phosphoric ester groups is 1. The van der Waals surface area contributed by atoms with Gasteiger partial charge in [0, 0.05) is 25.2 Å². The Bertz CT molecular complexity index is 1570. The summed E-state index contributed by atoms with van der Waals surface area (Å²) in [7, 11) is -2.98. The number of hydrogen-bond acceptors (Lipinski definition) is 5. The molecular formula is C30H30N3O7P. The Labute approximate surface area is 237 Å². The van der Waals surface area contributed by atoms with E-state index in [0.717, 1.165) is 22.5 Å². The number of nitrogens with zero attached hydrogens (tertiary/aromatic N) is 2. The quantitative estimate of drug-likeness (QED) is 0.289. The van der Waals surface area contributed by atoms with E-state index in [0.29, 0.717) is 30.4 Å². The predicted octanol–water partition coefficient (Wildman–Crippen LogP) is 3.61. The van der Waals surface area contributed by atoms with Gasteiger partial charge >= 0.3 is 7.82 Å². The second kappa shape index (κ2) is 11.3. The smallest absolute Gasteiger partial charge is 0.404 e. The van der Waals surface area contributed by atoms with E-state index in [2.05, 4.69) is 9.84 Å². The number of para-hydroxylation sites is 2. The van der Waals surface area contributed by atoms with Crippen LogP contribution in [0.2, 0.25) is 0 Å². The van der Waals surface area contributed by atoms with Gasteiger partial charge in [0.25, 0.3) is 0 Å². The van der Waals surface area contributed by atoms with Crippen LogP contribution in [0.15, 0.2) is 78.9 Å². The van der Waals surface area contributed by atoms with Gasteiger partial charge in [-0.05, 0) is 66.3 Å². The molecular weight excluding hydrogens is 545 g/mol. The standard InChI is InChI=1S/C30H30N3O7P/c1-19(20-11-14-24(15-12-20)40-41(37,38)39)17-27(34)31-25-16-13-21-7-6-8-22-18-26(33(28(21)22)29(25)35)30(36)32(2)23-9-4-3-5-10-23/h3-12,14-15,17,25-26H,13,16,18H2,1-2H3,(H,31,34)(H2,37,38,39)/b19-17+/t25?,26-/m0/s1. The second-order valence-corrected chi connectivity index (χ2v) is 11.3. The molecule has 0 saturated heterocycles. The van der Waals surface area contributed by atoms with Gasteiger partial charge < -0.3 is 14.7 Å². The summed E-state index contributed by atoms with van der Waals surface area (Å²) in [4.78, 5) is 61.7. The highest BCUT2D eigenvalue weighted by Gasteiger charge is 2.44. The van der Waals surface area contributed by atoms with Crippen LogP contribution in [0.1, 0.15) is 30.0 Å². The van der Waals surface area contributed by atoms with Crippen molar-refractivity contribution in [2.75, 3.05) is 16.8 Å². The number of nitrogens with one attached hydrogen (secondary N) is 1. The molecule has 11 heteroatoms. The van der Waals surface area contributed by atoms with Crippen LogP contribution in [0.4, 0.5) is 11.4 Å². The first-order valence-corrected chi connectivity index (χ1v) is 14.7. The number of carbonyl (C=O) groups excluding carboxylic acids is 3. The number of benzene rings is 3. The minimum Gasteiger partial charge on any atom is -0.404 e. The lowest BCUT2D eigenvalue weighted by Gasteiger charge is -2.30. The predicted molar refractivity (Wildman–Crippen MR) is 154 cm³/mol. The average Bonchev–Trinajstić information content (AvgIpc) is 3.28. The van der Waals surface area contributed by atoms with Crippen molar-refractivity contribution in [1.29, 1.82) is 0 Å². The Morgan fingerprint density at radius 2 is 1.71 bits per heavy atom. The fourth-order valence-corrected chi connectivity index (χ4v) is 5.77. The normalized spacial score (nSPS) is 18.4. The van der Waals surface area contributed by atoms with E-state index in [4.69, 9.17) is 9.79 Å². The van der Waals surface area contributed by atoms with Crippen LogP contribution in [-0.4, -0.2) is 46.6 Å². The summed E-state index contributed by atoms with van der Waals surface area (Å²) in [6.07, 6.45) is 2.71. The molecule has 3 aromatic rings. The molecule has 0 bridgehead atoms. The zero-order valence-corrected chi connectivity index (χ0v) is 23.5. The van der Waals surface area contributed by atoms with Crippen molar-refractivity contribution in [3.8, 4) is 5.75 Å². The Morgan fingerprint density at radius 3 is 2.39 bits per heavy atom. The Hall–Kier alpha value is -4.24. The third-order valence-electron chi connectivity index (χ3n) is 7.36. The molecule has 5 rings (SSSR count). The number of hydrogen-bond donors (Lipinski definition) is 3. The maximum absolute atomic E-state index is 13.9. The molecule has 2 atom stereocenters. The second-order valence-electron chi connectivity index (χ2n) is 10.1. The van der Waals surface area contributed by atoms with Crippen molar-refractivity contribution < 1.29 is 33.3 Å². The van der Waals surface area contributed by atoms with Crippen LogP contribution in [0.5, 0.6) is 5.75 Å². The SMILES string of the molecule is C/C(=C\C(=O)NC1CCc2cccc3c2N(C1=O)[C@H](C(=O)N(C)c1ccccc1)C3)c1ccc(OP(=O)(O)O)cc1. The average molecular weight is 576 g/mol. The van der Waals surface area contributed by atoms with Gasteiger partial charge in [-0.25, -0.2) is 4.57 Å². The van der Waals surface area contributed by atoms with Crippen molar-refractivity contribution in [1.82, 2.24) is 5.32 Å². The summed E-state index contributed by atoms with van der Waals surface area (Å²) in [5, 5.41) is 2.84. The van der Waals surface area contributed by atoms with Gasteiger partial charge in [-0.15, -0.1) is 0 Å². The number of rotatable bonds is 7. The molecule has 3 aromatic carbocycles. The van der Waals surface area contributed by atoms with E-state index in [9.17, 15) is 18.9 Å². The molecule has 0 aliphatic carbocycles. The van der Waals surface area contributed by atoms with E-state index >= 15 is 0 Å². The van der Waals surface area contributed by atoms with Crippen LogP contribution in [-0.2, 0) is 31.8 Å². The summed E-state index contributed by atoms with van der Waals surface area (Å²) in [5.74, 6) is -1.01. The first kappa shape index (κ1) is 28.3. The highest BCUT2D eigenvalue weighted by atomic mass is 31.2. The van der Waals surface area contributed by atoms with Gasteiger partial charge in [0.1, 0.15) is 17.8 Å². The molecule has 0 spiro atoms. The molecule has 41 heavy (non-hydrogen) atoms. The summed E-state index contributed by atoms with van der Waals surface area (Å²) < 4.78 is 15.6. The van der Waals surface area contributed by atoms with Crippen LogP contribution in [0.25, 0.3) is 5.57 Å². The summed E-state index contributed by atoms with van der Waals surface area (Å²) in [5.41, 5.74) is 4.60. The third kappa shape index (κ3) is 6.10. The number of anilines is 2. The van der Waals surface area contributed by atoms with Crippen molar-refractivity contribution in [2.45, 2.75) is 38.3 Å². The summed E-state index contributed by atoms with van der Waals surface area (Å²) >= 11 is 0. The van der Waals surface area contributed by atoms with E-state index in [1.54, 1.807) is 35.9 Å². The minimum atomic E-state index is -4.68. The summed E-state index contributed by atoms with van der Waals surface area (Å²) in [6, 6.07) is 19.5. The zero-order valence-electron chi connectivity index (χ0n) is 22.6. The number of carbonyl (C=O) groups is 3. The van der Waals surface area contributed by atoms with Crippen molar-refractivity contribution in [2.24, 2.45) is 0 Å². The number of allylic oxidation sites excluding steroid dienone is 1. The number of likely N-dealkylation sites (N-methyl/N-ethyl adjacent to an activating group) is 1. The van der Waals surface area contributed by atoms with Crippen LogP contribution in [0, 0.1) is 0 Å². The zero-order chi connectivity index (χ0) is 29.3. The topological polar surface area (TPSA) is 136 Å². The van der Waals surface area contributed by atoms with Gasteiger partial charge in [0.2, 0.25) is 17.7 Å². The molecule has 1 unspecified atom stereocenters. The highest BCUT2D eigenvalue weighted by Crippen LogP contribution is 2.40. The fraction of sp³-hybridized carbons (Fsp3) is 0.233. The van der Waals surface area contributed by atoms with E-state index in [1.807, 2.05) is 48.5 Å². The molecule has 10 nitrogen and oxygen atoms in total. The van der Waals surface area contributed by atoms with E-state index in [-0.39, 0.29) is 17.6 Å². The molecule has 0 saturated carbocycles. The van der Waals surface area contributed by atoms with Crippen molar-refractivity contribution >= 4 is 42.5 Å². The minimum absolute atomic E-state index is 0.00468. The first-order chi connectivity index (χ1) is 19.5. The first-order valence-electron chi connectivity index (χ1n) is 13.1. The molecule has 2 aliphatic rings. The summed E-state index contributed by atoms with van der Waals surface area (Å²) in [6.45, 7) is 1.71. The fourth-order valence-electron chi connectivity index (χ4n) is 5.37. The highest BCUT2D eigenvalue weighted by molar-refractivity contribution is 7.46. The number of phosphoric acid groups is 1. The van der Waals surface area contributed by atoms with E-state index < -0.39 is 25.8 Å². The van der Waals surface area contributed by atoms with Crippen LogP contribution in [0.3, 0.4) is 0 Å². The van der Waals surface area contributed by atoms with Gasteiger partial charge in [-0.2, -0.15) is 0 Å². The van der Waals surface area contributed by atoms with Crippen LogP contribution < -0.4 is 19.6 Å². The molecule has 3 amide bonds. The third-order valence-corrected chi connectivity index (χ3v) is 7.81.